The quantitative estimate of drug-likeness (QED) is 0.630. The first-order valence-corrected chi connectivity index (χ1v) is 4.98. The number of rotatable bonds is 1. The number of carboxylic acid groups (broad SMARTS) is 1. The van der Waals surface area contributed by atoms with Crippen molar-refractivity contribution in [3.63, 3.8) is 0 Å². The number of esters is 1. The smallest absolute Gasteiger partial charge is 0.308 e. The second-order valence-electron chi connectivity index (χ2n) is 3.62. The van der Waals surface area contributed by atoms with Crippen LogP contribution in [0.4, 0.5) is 0 Å². The van der Waals surface area contributed by atoms with E-state index in [0.29, 0.717) is 6.04 Å². The lowest BCUT2D eigenvalue weighted by molar-refractivity contribution is -0.146. The fraction of sp³-hybridized carbons (Fsp3) is 0.800. The minimum absolute atomic E-state index is 0.0571. The molecule has 0 aromatic rings. The molecule has 1 rings (SSSR count). The monoisotopic (exact) mass is 217 g/mol. The molecule has 5 heteroatoms. The summed E-state index contributed by atoms with van der Waals surface area (Å²) in [5, 5.41) is 10.7. The van der Waals surface area contributed by atoms with Gasteiger partial charge >= 0.3 is 5.97 Å². The Kier molecular flexibility index (Phi) is 6.70. The van der Waals surface area contributed by atoms with Gasteiger partial charge in [-0.2, -0.15) is 0 Å². The second-order valence-corrected chi connectivity index (χ2v) is 3.62. The number of methoxy groups -OCH3 is 1. The van der Waals surface area contributed by atoms with E-state index in [-0.39, 0.29) is 11.9 Å². The zero-order chi connectivity index (χ0) is 11.8. The standard InChI is InChI=1S/C8H15NO2.C2H4O2/c1-6-5-7(3-4-9-6)8(10)11-2;1-2(3)4/h6-7,9H,3-5H2,1-2H3;1H3,(H,3,4). The minimum Gasteiger partial charge on any atom is -0.481 e. The average Bonchev–Trinajstić information content (AvgIpc) is 2.16. The lowest BCUT2D eigenvalue weighted by atomic mass is 9.93. The molecule has 0 saturated carbocycles. The van der Waals surface area contributed by atoms with Crippen molar-refractivity contribution in [2.75, 3.05) is 13.7 Å². The van der Waals surface area contributed by atoms with Gasteiger partial charge in [-0.1, -0.05) is 0 Å². The van der Waals surface area contributed by atoms with E-state index in [2.05, 4.69) is 17.0 Å². The Morgan fingerprint density at radius 2 is 2.00 bits per heavy atom. The van der Waals surface area contributed by atoms with Crippen LogP contribution in [0, 0.1) is 5.92 Å². The first kappa shape index (κ1) is 13.9. The van der Waals surface area contributed by atoms with Crippen LogP contribution in [0.3, 0.4) is 0 Å². The fourth-order valence-electron chi connectivity index (χ4n) is 1.51. The van der Waals surface area contributed by atoms with Crippen molar-refractivity contribution in [2.24, 2.45) is 5.92 Å². The van der Waals surface area contributed by atoms with Gasteiger partial charge in [0.05, 0.1) is 13.0 Å². The number of carbonyl (C=O) groups excluding carboxylic acids is 1. The number of piperidine rings is 1. The maximum absolute atomic E-state index is 11.1. The molecule has 0 amide bonds. The minimum atomic E-state index is -0.833. The van der Waals surface area contributed by atoms with Gasteiger partial charge in [-0.05, 0) is 26.3 Å². The van der Waals surface area contributed by atoms with Crippen molar-refractivity contribution in [2.45, 2.75) is 32.7 Å². The number of aliphatic carboxylic acids is 1. The van der Waals surface area contributed by atoms with Gasteiger partial charge in [0.2, 0.25) is 0 Å². The van der Waals surface area contributed by atoms with Gasteiger partial charge in [0.1, 0.15) is 0 Å². The topological polar surface area (TPSA) is 75.6 Å². The van der Waals surface area contributed by atoms with Crippen molar-refractivity contribution in [3.8, 4) is 0 Å². The van der Waals surface area contributed by atoms with Crippen LogP contribution >= 0.6 is 0 Å². The van der Waals surface area contributed by atoms with Crippen LogP contribution in [-0.2, 0) is 14.3 Å². The molecule has 2 atom stereocenters. The molecule has 0 aliphatic carbocycles. The summed E-state index contributed by atoms with van der Waals surface area (Å²) in [7, 11) is 1.45. The van der Waals surface area contributed by atoms with Crippen LogP contribution in [0.5, 0.6) is 0 Å². The number of ether oxygens (including phenoxy) is 1. The third kappa shape index (κ3) is 6.90. The Bertz CT molecular complexity index is 213. The number of hydrogen-bond donors (Lipinski definition) is 2. The zero-order valence-electron chi connectivity index (χ0n) is 9.45. The maximum Gasteiger partial charge on any atom is 0.308 e. The highest BCUT2D eigenvalue weighted by molar-refractivity contribution is 5.72. The Hall–Kier alpha value is -1.10. The number of carboxylic acids is 1. The summed E-state index contributed by atoms with van der Waals surface area (Å²) in [5.41, 5.74) is 0. The molecule has 15 heavy (non-hydrogen) atoms. The van der Waals surface area contributed by atoms with Crippen LogP contribution in [0.15, 0.2) is 0 Å². The van der Waals surface area contributed by atoms with Gasteiger partial charge in [0.15, 0.2) is 0 Å². The van der Waals surface area contributed by atoms with E-state index >= 15 is 0 Å². The van der Waals surface area contributed by atoms with Crippen LogP contribution in [0.2, 0.25) is 0 Å². The first-order valence-electron chi connectivity index (χ1n) is 4.98. The second kappa shape index (κ2) is 7.23. The lowest BCUT2D eigenvalue weighted by Crippen LogP contribution is -2.38. The molecule has 0 bridgehead atoms. The Labute approximate surface area is 89.8 Å². The van der Waals surface area contributed by atoms with E-state index in [0.717, 1.165) is 26.3 Å². The van der Waals surface area contributed by atoms with Crippen molar-refractivity contribution in [3.05, 3.63) is 0 Å². The Morgan fingerprint density at radius 3 is 2.40 bits per heavy atom. The van der Waals surface area contributed by atoms with Gasteiger partial charge in [-0.3, -0.25) is 9.59 Å². The van der Waals surface area contributed by atoms with E-state index in [1.54, 1.807) is 0 Å². The highest BCUT2D eigenvalue weighted by Gasteiger charge is 2.24. The summed E-state index contributed by atoms with van der Waals surface area (Å²) >= 11 is 0. The van der Waals surface area contributed by atoms with Gasteiger partial charge in [-0.25, -0.2) is 0 Å². The molecule has 1 aliphatic heterocycles. The van der Waals surface area contributed by atoms with Crippen molar-refractivity contribution in [1.29, 1.82) is 0 Å². The van der Waals surface area contributed by atoms with E-state index in [4.69, 9.17) is 9.90 Å². The maximum atomic E-state index is 11.1. The summed E-state index contributed by atoms with van der Waals surface area (Å²) in [4.78, 5) is 20.1. The molecule has 88 valence electrons. The fourth-order valence-corrected chi connectivity index (χ4v) is 1.51. The molecule has 0 aromatic carbocycles. The van der Waals surface area contributed by atoms with Crippen LogP contribution in [0.1, 0.15) is 26.7 Å². The Balaban J connectivity index is 0.000000423. The van der Waals surface area contributed by atoms with Gasteiger partial charge < -0.3 is 15.2 Å². The summed E-state index contributed by atoms with van der Waals surface area (Å²) in [5.74, 6) is -0.769. The van der Waals surface area contributed by atoms with Crippen molar-refractivity contribution < 1.29 is 19.4 Å². The summed E-state index contributed by atoms with van der Waals surface area (Å²) in [6.07, 6.45) is 1.82. The predicted molar refractivity (Wildman–Crippen MR) is 55.5 cm³/mol. The normalized spacial score (nSPS) is 24.7. The van der Waals surface area contributed by atoms with E-state index in [1.165, 1.54) is 7.11 Å². The average molecular weight is 217 g/mol. The molecule has 2 N–H and O–H groups in total. The Morgan fingerprint density at radius 1 is 1.47 bits per heavy atom. The highest BCUT2D eigenvalue weighted by atomic mass is 16.5. The van der Waals surface area contributed by atoms with Gasteiger partial charge in [0.25, 0.3) is 5.97 Å². The highest BCUT2D eigenvalue weighted by Crippen LogP contribution is 2.16. The number of nitrogens with one attached hydrogen (secondary N) is 1. The molecule has 5 nitrogen and oxygen atoms in total. The van der Waals surface area contributed by atoms with Gasteiger partial charge in [-0.15, -0.1) is 0 Å². The lowest BCUT2D eigenvalue weighted by Gasteiger charge is -2.25. The molecule has 1 heterocycles. The molecule has 1 fully saturated rings. The zero-order valence-corrected chi connectivity index (χ0v) is 9.45. The summed E-state index contributed by atoms with van der Waals surface area (Å²) in [6.45, 7) is 4.11. The molecule has 2 unspecified atom stereocenters. The molecular formula is C10H19NO4. The predicted octanol–water partition coefficient (Wildman–Crippen LogP) is 0.638. The van der Waals surface area contributed by atoms with E-state index in [9.17, 15) is 4.79 Å². The molecular weight excluding hydrogens is 198 g/mol. The third-order valence-electron chi connectivity index (χ3n) is 2.16. The summed E-state index contributed by atoms with van der Waals surface area (Å²) < 4.78 is 4.67. The van der Waals surface area contributed by atoms with Crippen LogP contribution in [-0.4, -0.2) is 36.7 Å². The molecule has 1 saturated heterocycles. The number of hydrogen-bond acceptors (Lipinski definition) is 4. The van der Waals surface area contributed by atoms with Crippen molar-refractivity contribution in [1.82, 2.24) is 5.32 Å². The van der Waals surface area contributed by atoms with Crippen LogP contribution < -0.4 is 5.32 Å². The molecule has 0 spiro atoms. The van der Waals surface area contributed by atoms with E-state index < -0.39 is 5.97 Å². The van der Waals surface area contributed by atoms with Crippen LogP contribution in [0.25, 0.3) is 0 Å². The summed E-state index contributed by atoms with van der Waals surface area (Å²) in [6, 6.07) is 0.452. The SMILES string of the molecule is CC(=O)O.COC(=O)C1CCNC(C)C1. The molecule has 1 aliphatic rings. The van der Waals surface area contributed by atoms with Crippen molar-refractivity contribution >= 4 is 11.9 Å². The molecule has 0 aromatic heterocycles. The largest absolute Gasteiger partial charge is 0.481 e. The molecule has 0 radical (unpaired) electrons. The first-order chi connectivity index (χ1) is 6.97. The number of carbonyl (C=O) groups is 2. The van der Waals surface area contributed by atoms with E-state index in [1.807, 2.05) is 0 Å². The van der Waals surface area contributed by atoms with Gasteiger partial charge in [0, 0.05) is 13.0 Å². The third-order valence-corrected chi connectivity index (χ3v) is 2.16.